The van der Waals surface area contributed by atoms with E-state index in [0.29, 0.717) is 12.4 Å². The smallest absolute Gasteiger partial charge is 0.276 e. The normalized spacial score (nSPS) is 10.0. The molecule has 108 valence electrons. The number of nitrogens with one attached hydrogen (secondary N) is 2. The van der Waals surface area contributed by atoms with Gasteiger partial charge in [0.05, 0.1) is 12.4 Å². The first-order valence-electron chi connectivity index (χ1n) is 6.04. The number of para-hydroxylation sites is 1. The summed E-state index contributed by atoms with van der Waals surface area (Å²) in [5.74, 6) is -2.01. The van der Waals surface area contributed by atoms with Gasteiger partial charge >= 0.3 is 0 Å². The third kappa shape index (κ3) is 3.59. The van der Waals surface area contributed by atoms with Crippen LogP contribution in [0.15, 0.2) is 43.2 Å². The Morgan fingerprint density at radius 3 is 2.52 bits per heavy atom. The van der Waals surface area contributed by atoms with E-state index in [0.717, 1.165) is 12.1 Å². The summed E-state index contributed by atoms with van der Waals surface area (Å²) in [6.45, 7) is 4.04. The van der Waals surface area contributed by atoms with Crippen molar-refractivity contribution in [2.24, 2.45) is 0 Å². The van der Waals surface area contributed by atoms with E-state index in [2.05, 4.69) is 27.2 Å². The van der Waals surface area contributed by atoms with Crippen molar-refractivity contribution in [2.45, 2.75) is 0 Å². The number of aromatic nitrogens is 2. The monoisotopic (exact) mass is 290 g/mol. The second-order valence-electron chi connectivity index (χ2n) is 4.01. The number of hydrogen-bond donors (Lipinski definition) is 2. The lowest BCUT2D eigenvalue weighted by molar-refractivity contribution is 0.102. The van der Waals surface area contributed by atoms with Crippen LogP contribution in [0.4, 0.5) is 20.3 Å². The van der Waals surface area contributed by atoms with Crippen molar-refractivity contribution in [3.63, 3.8) is 0 Å². The van der Waals surface area contributed by atoms with Gasteiger partial charge in [-0.3, -0.25) is 4.79 Å². The molecule has 0 saturated carbocycles. The number of carbonyl (C=O) groups is 1. The molecule has 1 aromatic carbocycles. The van der Waals surface area contributed by atoms with Crippen molar-refractivity contribution in [3.05, 3.63) is 60.6 Å². The molecule has 0 radical (unpaired) electrons. The molecule has 0 bridgehead atoms. The third-order valence-corrected chi connectivity index (χ3v) is 2.51. The number of amides is 1. The third-order valence-electron chi connectivity index (χ3n) is 2.51. The van der Waals surface area contributed by atoms with Gasteiger partial charge in [0.25, 0.3) is 5.91 Å². The predicted molar refractivity (Wildman–Crippen MR) is 75.0 cm³/mol. The molecule has 2 rings (SSSR count). The van der Waals surface area contributed by atoms with Crippen molar-refractivity contribution >= 4 is 17.4 Å². The fourth-order valence-electron chi connectivity index (χ4n) is 1.51. The number of rotatable bonds is 5. The zero-order valence-electron chi connectivity index (χ0n) is 10.9. The van der Waals surface area contributed by atoms with E-state index >= 15 is 0 Å². The Morgan fingerprint density at radius 2 is 1.95 bits per heavy atom. The van der Waals surface area contributed by atoms with E-state index in [-0.39, 0.29) is 5.69 Å². The number of halogens is 2. The molecule has 7 heteroatoms. The number of benzene rings is 1. The van der Waals surface area contributed by atoms with Gasteiger partial charge in [0.2, 0.25) is 0 Å². The Kier molecular flexibility index (Phi) is 4.55. The fourth-order valence-corrected chi connectivity index (χ4v) is 1.51. The zero-order valence-corrected chi connectivity index (χ0v) is 10.9. The van der Waals surface area contributed by atoms with Crippen molar-refractivity contribution in [3.8, 4) is 0 Å². The Hall–Kier alpha value is -2.83. The van der Waals surface area contributed by atoms with E-state index in [1.54, 1.807) is 6.08 Å². The van der Waals surface area contributed by atoms with Crippen molar-refractivity contribution in [2.75, 3.05) is 17.2 Å². The SMILES string of the molecule is C=CCNc1cnc(C(=O)Nc2c(F)cccc2F)cn1. The van der Waals surface area contributed by atoms with Crippen LogP contribution in [0.5, 0.6) is 0 Å². The summed E-state index contributed by atoms with van der Waals surface area (Å²) in [5, 5.41) is 5.01. The standard InChI is InChI=1S/C14H12F2N4O/c1-2-6-17-12-8-18-11(7-19-12)14(21)20-13-9(15)4-3-5-10(13)16/h2-5,7-8H,1,6H2,(H,17,19)(H,20,21). The van der Waals surface area contributed by atoms with Crippen LogP contribution in [-0.4, -0.2) is 22.4 Å². The van der Waals surface area contributed by atoms with Crippen LogP contribution in [0.2, 0.25) is 0 Å². The highest BCUT2D eigenvalue weighted by molar-refractivity contribution is 6.02. The maximum atomic E-state index is 13.4. The van der Waals surface area contributed by atoms with Gasteiger partial charge in [-0.05, 0) is 12.1 Å². The molecule has 5 nitrogen and oxygen atoms in total. The van der Waals surface area contributed by atoms with Crippen LogP contribution in [0.25, 0.3) is 0 Å². The van der Waals surface area contributed by atoms with Crippen molar-refractivity contribution < 1.29 is 13.6 Å². The molecule has 1 heterocycles. The minimum atomic E-state index is -0.861. The quantitative estimate of drug-likeness (QED) is 0.831. The topological polar surface area (TPSA) is 66.9 Å². The summed E-state index contributed by atoms with van der Waals surface area (Å²) in [6.07, 6.45) is 4.19. The maximum absolute atomic E-state index is 13.4. The molecule has 21 heavy (non-hydrogen) atoms. The van der Waals surface area contributed by atoms with E-state index in [1.165, 1.54) is 18.5 Å². The molecule has 0 saturated heterocycles. The number of hydrogen-bond acceptors (Lipinski definition) is 4. The minimum Gasteiger partial charge on any atom is -0.365 e. The molecule has 2 aromatic rings. The second-order valence-corrected chi connectivity index (χ2v) is 4.01. The molecule has 0 unspecified atom stereocenters. The largest absolute Gasteiger partial charge is 0.365 e. The van der Waals surface area contributed by atoms with Gasteiger partial charge in [-0.1, -0.05) is 12.1 Å². The first-order chi connectivity index (χ1) is 10.1. The van der Waals surface area contributed by atoms with Crippen LogP contribution < -0.4 is 10.6 Å². The highest BCUT2D eigenvalue weighted by Crippen LogP contribution is 2.18. The van der Waals surface area contributed by atoms with Crippen molar-refractivity contribution in [1.82, 2.24) is 9.97 Å². The lowest BCUT2D eigenvalue weighted by atomic mass is 10.3. The molecular weight excluding hydrogens is 278 g/mol. The summed E-state index contributed by atoms with van der Waals surface area (Å²) in [7, 11) is 0. The predicted octanol–water partition coefficient (Wildman–Crippen LogP) is 2.61. The molecule has 0 aliphatic carbocycles. The number of anilines is 2. The summed E-state index contributed by atoms with van der Waals surface area (Å²) >= 11 is 0. The maximum Gasteiger partial charge on any atom is 0.276 e. The average molecular weight is 290 g/mol. The molecule has 0 fully saturated rings. The Bertz CT molecular complexity index is 638. The molecular formula is C14H12F2N4O. The van der Waals surface area contributed by atoms with E-state index in [1.807, 2.05) is 0 Å². The van der Waals surface area contributed by atoms with Crippen LogP contribution in [-0.2, 0) is 0 Å². The van der Waals surface area contributed by atoms with Gasteiger partial charge in [0.15, 0.2) is 0 Å². The number of carbonyl (C=O) groups excluding carboxylic acids is 1. The molecule has 0 aliphatic rings. The second kappa shape index (κ2) is 6.56. The van der Waals surface area contributed by atoms with Gasteiger partial charge in [0, 0.05) is 6.54 Å². The van der Waals surface area contributed by atoms with Gasteiger partial charge < -0.3 is 10.6 Å². The molecule has 2 N–H and O–H groups in total. The molecule has 1 aromatic heterocycles. The molecule has 1 amide bonds. The summed E-state index contributed by atoms with van der Waals surface area (Å²) < 4.78 is 26.8. The van der Waals surface area contributed by atoms with Gasteiger partial charge in [-0.2, -0.15) is 0 Å². The van der Waals surface area contributed by atoms with Crippen LogP contribution in [0, 0.1) is 11.6 Å². The molecule has 0 atom stereocenters. The first-order valence-corrected chi connectivity index (χ1v) is 6.04. The fraction of sp³-hybridized carbons (Fsp3) is 0.0714. The Labute approximate surface area is 119 Å². The van der Waals surface area contributed by atoms with E-state index in [9.17, 15) is 13.6 Å². The highest BCUT2D eigenvalue weighted by Gasteiger charge is 2.14. The van der Waals surface area contributed by atoms with Crippen LogP contribution in [0.1, 0.15) is 10.5 Å². The zero-order chi connectivity index (χ0) is 15.2. The van der Waals surface area contributed by atoms with E-state index in [4.69, 9.17) is 0 Å². The van der Waals surface area contributed by atoms with E-state index < -0.39 is 23.2 Å². The lowest BCUT2D eigenvalue weighted by Crippen LogP contribution is -2.16. The average Bonchev–Trinajstić information content (AvgIpc) is 2.49. The van der Waals surface area contributed by atoms with Crippen LogP contribution >= 0.6 is 0 Å². The molecule has 0 aliphatic heterocycles. The summed E-state index contributed by atoms with van der Waals surface area (Å²) in [4.78, 5) is 19.7. The van der Waals surface area contributed by atoms with Gasteiger partial charge in [-0.25, -0.2) is 18.7 Å². The highest BCUT2D eigenvalue weighted by atomic mass is 19.1. The Balaban J connectivity index is 2.11. The Morgan fingerprint density at radius 1 is 1.24 bits per heavy atom. The summed E-state index contributed by atoms with van der Waals surface area (Å²) in [6, 6.07) is 3.31. The van der Waals surface area contributed by atoms with Crippen molar-refractivity contribution in [1.29, 1.82) is 0 Å². The lowest BCUT2D eigenvalue weighted by Gasteiger charge is -2.07. The van der Waals surface area contributed by atoms with Crippen LogP contribution in [0.3, 0.4) is 0 Å². The molecule has 0 spiro atoms. The first kappa shape index (κ1) is 14.6. The van der Waals surface area contributed by atoms with Gasteiger partial charge in [0.1, 0.15) is 28.8 Å². The minimum absolute atomic E-state index is 0.0539. The summed E-state index contributed by atoms with van der Waals surface area (Å²) in [5.41, 5.74) is -0.569. The van der Waals surface area contributed by atoms with Gasteiger partial charge in [-0.15, -0.1) is 6.58 Å². The number of nitrogens with zero attached hydrogens (tertiary/aromatic N) is 2.